The minimum atomic E-state index is -0.282. The van der Waals surface area contributed by atoms with Crippen LogP contribution in [0.25, 0.3) is 17.3 Å². The Balaban J connectivity index is 1.27. The van der Waals surface area contributed by atoms with Gasteiger partial charge in [0.1, 0.15) is 0 Å². The van der Waals surface area contributed by atoms with Crippen LogP contribution in [0, 0.1) is 6.92 Å². The van der Waals surface area contributed by atoms with Gasteiger partial charge in [0.2, 0.25) is 11.8 Å². The molecule has 10 nitrogen and oxygen atoms in total. The first-order valence-corrected chi connectivity index (χ1v) is 13.7. The lowest BCUT2D eigenvalue weighted by molar-refractivity contribution is -0.116. The van der Waals surface area contributed by atoms with Crippen LogP contribution in [-0.4, -0.2) is 51.5 Å². The smallest absolute Gasteiger partial charge is 0.244 e. The summed E-state index contributed by atoms with van der Waals surface area (Å²) in [7, 11) is 4.91. The van der Waals surface area contributed by atoms with Crippen LogP contribution in [0.3, 0.4) is 0 Å². The summed E-state index contributed by atoms with van der Waals surface area (Å²) in [5.74, 6) is 1.43. The zero-order valence-corrected chi connectivity index (χ0v) is 23.6. The third-order valence-electron chi connectivity index (χ3n) is 5.60. The zero-order valence-electron chi connectivity index (χ0n) is 21.9. The van der Waals surface area contributed by atoms with Crippen molar-refractivity contribution < 1.29 is 19.1 Å². The number of aryl methyl sites for hydroxylation is 1. The van der Waals surface area contributed by atoms with E-state index < -0.39 is 0 Å². The van der Waals surface area contributed by atoms with Crippen LogP contribution in [0.4, 0.5) is 5.13 Å². The molecule has 0 aliphatic heterocycles. The van der Waals surface area contributed by atoms with E-state index in [1.807, 2.05) is 43.3 Å². The SMILES string of the molecule is COc1ccc(/C=C/C(=O)NCc2nnc(SCC(=O)Nc3nc(-c4ccccc4)c(C)s3)n2C)cc1OC. The van der Waals surface area contributed by atoms with E-state index in [4.69, 9.17) is 9.47 Å². The normalized spacial score (nSPS) is 11.0. The molecule has 0 unspecified atom stereocenters. The molecule has 4 rings (SSSR count). The number of rotatable bonds is 11. The topological polar surface area (TPSA) is 120 Å². The van der Waals surface area contributed by atoms with Gasteiger partial charge < -0.3 is 24.7 Å². The van der Waals surface area contributed by atoms with Crippen molar-refractivity contribution in [3.05, 3.63) is 70.9 Å². The Kier molecular flexibility index (Phi) is 9.34. The number of hydrogen-bond acceptors (Lipinski definition) is 9. The number of hydrogen-bond donors (Lipinski definition) is 2. The number of carbonyl (C=O) groups is 2. The molecule has 202 valence electrons. The molecule has 12 heteroatoms. The fourth-order valence-corrected chi connectivity index (χ4v) is 5.16. The number of anilines is 1. The fraction of sp³-hybridized carbons (Fsp3) is 0.222. The number of methoxy groups -OCH3 is 2. The number of thiazole rings is 1. The van der Waals surface area contributed by atoms with Gasteiger partial charge in [0.25, 0.3) is 0 Å². The summed E-state index contributed by atoms with van der Waals surface area (Å²) >= 11 is 2.69. The first kappa shape index (κ1) is 27.9. The van der Waals surface area contributed by atoms with E-state index >= 15 is 0 Å². The molecular formula is C27H28N6O4S2. The highest BCUT2D eigenvalue weighted by Crippen LogP contribution is 2.30. The van der Waals surface area contributed by atoms with Crippen LogP contribution < -0.4 is 20.1 Å². The Morgan fingerprint density at radius 3 is 2.59 bits per heavy atom. The van der Waals surface area contributed by atoms with E-state index in [2.05, 4.69) is 25.8 Å². The highest BCUT2D eigenvalue weighted by Gasteiger charge is 2.15. The van der Waals surface area contributed by atoms with Crippen LogP contribution >= 0.6 is 23.1 Å². The molecule has 0 bridgehead atoms. The third-order valence-corrected chi connectivity index (χ3v) is 7.51. The molecule has 0 aliphatic rings. The predicted octanol–water partition coefficient (Wildman–Crippen LogP) is 4.32. The predicted molar refractivity (Wildman–Crippen MR) is 153 cm³/mol. The van der Waals surface area contributed by atoms with Crippen molar-refractivity contribution >= 4 is 46.1 Å². The van der Waals surface area contributed by atoms with Gasteiger partial charge in [-0.25, -0.2) is 4.98 Å². The van der Waals surface area contributed by atoms with Crippen molar-refractivity contribution in [3.8, 4) is 22.8 Å². The molecule has 2 aromatic heterocycles. The maximum Gasteiger partial charge on any atom is 0.244 e. The van der Waals surface area contributed by atoms with Gasteiger partial charge in [-0.15, -0.1) is 21.5 Å². The van der Waals surface area contributed by atoms with Crippen molar-refractivity contribution in [1.82, 2.24) is 25.1 Å². The highest BCUT2D eigenvalue weighted by molar-refractivity contribution is 7.99. The lowest BCUT2D eigenvalue weighted by Crippen LogP contribution is -2.22. The molecule has 0 fully saturated rings. The van der Waals surface area contributed by atoms with Crippen LogP contribution in [0.15, 0.2) is 59.8 Å². The summed E-state index contributed by atoms with van der Waals surface area (Å²) in [5, 5.41) is 15.1. The molecule has 2 amide bonds. The molecule has 2 aromatic carbocycles. The van der Waals surface area contributed by atoms with Gasteiger partial charge in [0, 0.05) is 23.6 Å². The molecule has 4 aromatic rings. The second-order valence-electron chi connectivity index (χ2n) is 8.25. The second-order valence-corrected chi connectivity index (χ2v) is 10.4. The van der Waals surface area contributed by atoms with Gasteiger partial charge in [0.05, 0.1) is 32.2 Å². The molecule has 2 N–H and O–H groups in total. The monoisotopic (exact) mass is 564 g/mol. The van der Waals surface area contributed by atoms with Crippen molar-refractivity contribution in [1.29, 1.82) is 0 Å². The Morgan fingerprint density at radius 2 is 1.85 bits per heavy atom. The molecule has 39 heavy (non-hydrogen) atoms. The molecule has 0 atom stereocenters. The van der Waals surface area contributed by atoms with Crippen LogP contribution in [0.1, 0.15) is 16.3 Å². The summed E-state index contributed by atoms with van der Waals surface area (Å²) in [6, 6.07) is 15.2. The zero-order chi connectivity index (χ0) is 27.8. The van der Waals surface area contributed by atoms with Gasteiger partial charge in [-0.1, -0.05) is 48.2 Å². The summed E-state index contributed by atoms with van der Waals surface area (Å²) < 4.78 is 12.3. The van der Waals surface area contributed by atoms with E-state index in [0.29, 0.717) is 27.6 Å². The number of thioether (sulfide) groups is 1. The van der Waals surface area contributed by atoms with Crippen LogP contribution in [0.5, 0.6) is 11.5 Å². The minimum Gasteiger partial charge on any atom is -0.493 e. The van der Waals surface area contributed by atoms with E-state index in [-0.39, 0.29) is 24.1 Å². The van der Waals surface area contributed by atoms with Crippen molar-refractivity contribution in [2.45, 2.75) is 18.6 Å². The number of nitrogens with one attached hydrogen (secondary N) is 2. The Morgan fingerprint density at radius 1 is 1.08 bits per heavy atom. The minimum absolute atomic E-state index is 0.145. The van der Waals surface area contributed by atoms with E-state index in [0.717, 1.165) is 21.7 Å². The number of carbonyl (C=O) groups excluding carboxylic acids is 2. The first-order valence-electron chi connectivity index (χ1n) is 11.9. The number of amides is 2. The maximum atomic E-state index is 12.5. The lowest BCUT2D eigenvalue weighted by Gasteiger charge is -2.07. The first-order chi connectivity index (χ1) is 18.9. The number of aromatic nitrogens is 4. The number of benzene rings is 2. The van der Waals surface area contributed by atoms with Gasteiger partial charge in [-0.05, 0) is 30.7 Å². The standard InChI is InChI=1S/C27H28N6O4S2/c1-17-25(19-8-6-5-7-9-19)30-26(39-17)29-24(35)16-38-27-32-31-22(33(27)2)15-28-23(34)13-11-18-10-12-20(36-3)21(14-18)37-4/h5-14H,15-16H2,1-4H3,(H,28,34)(H,29,30,35)/b13-11+. The van der Waals surface area contributed by atoms with E-state index in [1.54, 1.807) is 44.0 Å². The lowest BCUT2D eigenvalue weighted by atomic mass is 10.1. The molecule has 0 saturated carbocycles. The molecular weight excluding hydrogens is 536 g/mol. The summed E-state index contributed by atoms with van der Waals surface area (Å²) in [6.45, 7) is 2.17. The summed E-state index contributed by atoms with van der Waals surface area (Å²) in [6.07, 6.45) is 3.11. The Labute approximate surface area is 234 Å². The molecule has 0 spiro atoms. The van der Waals surface area contributed by atoms with Crippen molar-refractivity contribution in [3.63, 3.8) is 0 Å². The highest BCUT2D eigenvalue weighted by atomic mass is 32.2. The molecule has 2 heterocycles. The van der Waals surface area contributed by atoms with Gasteiger partial charge >= 0.3 is 0 Å². The van der Waals surface area contributed by atoms with E-state index in [1.165, 1.54) is 29.2 Å². The second kappa shape index (κ2) is 13.1. The molecule has 0 aliphatic carbocycles. The summed E-state index contributed by atoms with van der Waals surface area (Å²) in [4.78, 5) is 30.5. The van der Waals surface area contributed by atoms with Gasteiger partial charge in [-0.3, -0.25) is 9.59 Å². The number of ether oxygens (including phenoxy) is 2. The van der Waals surface area contributed by atoms with Gasteiger partial charge in [0.15, 0.2) is 27.6 Å². The third kappa shape index (κ3) is 7.24. The Bertz CT molecular complexity index is 1480. The molecule has 0 radical (unpaired) electrons. The number of nitrogens with zero attached hydrogens (tertiary/aromatic N) is 4. The fourth-order valence-electron chi connectivity index (χ4n) is 3.58. The van der Waals surface area contributed by atoms with Gasteiger partial charge in [-0.2, -0.15) is 0 Å². The average Bonchev–Trinajstić information content (AvgIpc) is 3.50. The largest absolute Gasteiger partial charge is 0.493 e. The quantitative estimate of drug-likeness (QED) is 0.204. The Hall–Kier alpha value is -4.16. The van der Waals surface area contributed by atoms with Crippen molar-refractivity contribution in [2.75, 3.05) is 25.3 Å². The average molecular weight is 565 g/mol. The van der Waals surface area contributed by atoms with Crippen LogP contribution in [-0.2, 0) is 23.2 Å². The van der Waals surface area contributed by atoms with Crippen molar-refractivity contribution in [2.24, 2.45) is 7.05 Å². The van der Waals surface area contributed by atoms with E-state index in [9.17, 15) is 9.59 Å². The summed E-state index contributed by atoms with van der Waals surface area (Å²) in [5.41, 5.74) is 2.67. The maximum absolute atomic E-state index is 12.5. The molecule has 0 saturated heterocycles. The van der Waals surface area contributed by atoms with Crippen LogP contribution in [0.2, 0.25) is 0 Å².